The van der Waals surface area contributed by atoms with Gasteiger partial charge in [0.15, 0.2) is 0 Å². The SMILES string of the molecule is CCCCCOC(C)(C)OC=Cc1ccccc1. The molecule has 0 fully saturated rings. The van der Waals surface area contributed by atoms with Gasteiger partial charge in [-0.3, -0.25) is 0 Å². The number of rotatable bonds is 8. The van der Waals surface area contributed by atoms with E-state index in [1.807, 2.05) is 50.3 Å². The Kier molecular flexibility index (Phi) is 6.51. The third kappa shape index (κ3) is 6.45. The van der Waals surface area contributed by atoms with Gasteiger partial charge in [-0.2, -0.15) is 0 Å². The second-order valence-corrected chi connectivity index (χ2v) is 4.79. The van der Waals surface area contributed by atoms with Crippen molar-refractivity contribution in [1.29, 1.82) is 0 Å². The summed E-state index contributed by atoms with van der Waals surface area (Å²) in [5.41, 5.74) is 1.12. The van der Waals surface area contributed by atoms with Crippen LogP contribution in [-0.2, 0) is 9.47 Å². The number of hydrogen-bond acceptors (Lipinski definition) is 2. The molecule has 0 bridgehead atoms. The maximum Gasteiger partial charge on any atom is 0.203 e. The van der Waals surface area contributed by atoms with Crippen LogP contribution in [-0.4, -0.2) is 12.4 Å². The highest BCUT2D eigenvalue weighted by Crippen LogP contribution is 2.14. The molecule has 2 nitrogen and oxygen atoms in total. The van der Waals surface area contributed by atoms with Crippen molar-refractivity contribution in [2.45, 2.75) is 45.8 Å². The van der Waals surface area contributed by atoms with Crippen LogP contribution in [0.4, 0.5) is 0 Å². The molecule has 0 aliphatic rings. The van der Waals surface area contributed by atoms with Crippen molar-refractivity contribution in [3.8, 4) is 0 Å². The molecule has 100 valence electrons. The Labute approximate surface area is 111 Å². The first-order chi connectivity index (χ1) is 8.64. The van der Waals surface area contributed by atoms with E-state index < -0.39 is 5.79 Å². The van der Waals surface area contributed by atoms with E-state index in [4.69, 9.17) is 9.47 Å². The van der Waals surface area contributed by atoms with E-state index in [-0.39, 0.29) is 0 Å². The van der Waals surface area contributed by atoms with E-state index in [1.165, 1.54) is 12.8 Å². The Morgan fingerprint density at radius 2 is 1.83 bits per heavy atom. The normalized spacial score (nSPS) is 11.9. The van der Waals surface area contributed by atoms with Gasteiger partial charge >= 0.3 is 0 Å². The van der Waals surface area contributed by atoms with Crippen LogP contribution >= 0.6 is 0 Å². The molecule has 0 atom stereocenters. The molecule has 1 aromatic rings. The van der Waals surface area contributed by atoms with Crippen molar-refractivity contribution in [2.75, 3.05) is 6.61 Å². The van der Waals surface area contributed by atoms with E-state index in [1.54, 1.807) is 6.26 Å². The van der Waals surface area contributed by atoms with Crippen molar-refractivity contribution in [1.82, 2.24) is 0 Å². The van der Waals surface area contributed by atoms with Crippen molar-refractivity contribution >= 4 is 6.08 Å². The van der Waals surface area contributed by atoms with Crippen LogP contribution in [0.25, 0.3) is 6.08 Å². The van der Waals surface area contributed by atoms with Gasteiger partial charge in [-0.1, -0.05) is 50.1 Å². The molecule has 0 heterocycles. The van der Waals surface area contributed by atoms with Crippen molar-refractivity contribution in [2.24, 2.45) is 0 Å². The summed E-state index contributed by atoms with van der Waals surface area (Å²) in [4.78, 5) is 0. The lowest BCUT2D eigenvalue weighted by Gasteiger charge is -2.24. The molecule has 2 heteroatoms. The minimum atomic E-state index is -0.557. The maximum absolute atomic E-state index is 5.70. The molecule has 1 rings (SSSR count). The minimum absolute atomic E-state index is 0.557. The van der Waals surface area contributed by atoms with Crippen LogP contribution in [0.15, 0.2) is 36.6 Å². The summed E-state index contributed by atoms with van der Waals surface area (Å²) < 4.78 is 11.3. The predicted molar refractivity (Wildman–Crippen MR) is 76.1 cm³/mol. The fourth-order valence-electron chi connectivity index (χ4n) is 1.54. The summed E-state index contributed by atoms with van der Waals surface area (Å²) in [6, 6.07) is 10.1. The quantitative estimate of drug-likeness (QED) is 0.380. The largest absolute Gasteiger partial charge is 0.471 e. The van der Waals surface area contributed by atoms with Gasteiger partial charge in [0.2, 0.25) is 5.79 Å². The molecular weight excluding hydrogens is 224 g/mol. The Morgan fingerprint density at radius 3 is 2.50 bits per heavy atom. The van der Waals surface area contributed by atoms with Gasteiger partial charge < -0.3 is 9.47 Å². The Morgan fingerprint density at radius 1 is 1.11 bits per heavy atom. The second-order valence-electron chi connectivity index (χ2n) is 4.79. The first kappa shape index (κ1) is 14.8. The minimum Gasteiger partial charge on any atom is -0.471 e. The molecule has 0 unspecified atom stereocenters. The van der Waals surface area contributed by atoms with E-state index >= 15 is 0 Å². The van der Waals surface area contributed by atoms with Gasteiger partial charge in [0.1, 0.15) is 0 Å². The number of unbranched alkanes of at least 4 members (excludes halogenated alkanes) is 2. The summed E-state index contributed by atoms with van der Waals surface area (Å²) >= 11 is 0. The lowest BCUT2D eigenvalue weighted by Crippen LogP contribution is -2.26. The van der Waals surface area contributed by atoms with Gasteiger partial charge in [0.25, 0.3) is 0 Å². The van der Waals surface area contributed by atoms with Crippen LogP contribution in [0.5, 0.6) is 0 Å². The zero-order valence-electron chi connectivity index (χ0n) is 11.7. The first-order valence-corrected chi connectivity index (χ1v) is 6.67. The molecule has 0 spiro atoms. The van der Waals surface area contributed by atoms with Crippen LogP contribution in [0.3, 0.4) is 0 Å². The van der Waals surface area contributed by atoms with Crippen molar-refractivity contribution < 1.29 is 9.47 Å². The monoisotopic (exact) mass is 248 g/mol. The van der Waals surface area contributed by atoms with Crippen LogP contribution in [0.2, 0.25) is 0 Å². The molecule has 18 heavy (non-hydrogen) atoms. The third-order valence-electron chi connectivity index (χ3n) is 2.61. The number of ether oxygens (including phenoxy) is 2. The van der Waals surface area contributed by atoms with Gasteiger partial charge in [0, 0.05) is 13.8 Å². The molecule has 0 N–H and O–H groups in total. The summed E-state index contributed by atoms with van der Waals surface area (Å²) in [6.07, 6.45) is 7.15. The van der Waals surface area contributed by atoms with E-state index in [2.05, 4.69) is 6.92 Å². The lowest BCUT2D eigenvalue weighted by molar-refractivity contribution is -0.181. The zero-order valence-corrected chi connectivity index (χ0v) is 11.7. The average Bonchev–Trinajstić information content (AvgIpc) is 2.36. The van der Waals surface area contributed by atoms with Crippen molar-refractivity contribution in [3.63, 3.8) is 0 Å². The molecule has 0 aromatic heterocycles. The molecule has 0 aliphatic carbocycles. The highest BCUT2D eigenvalue weighted by molar-refractivity contribution is 5.47. The van der Waals surface area contributed by atoms with Gasteiger partial charge in [0.05, 0.1) is 12.9 Å². The fraction of sp³-hybridized carbons (Fsp3) is 0.500. The third-order valence-corrected chi connectivity index (χ3v) is 2.61. The Bertz CT molecular complexity index is 341. The highest BCUT2D eigenvalue weighted by atomic mass is 16.7. The molecular formula is C16H24O2. The fourth-order valence-corrected chi connectivity index (χ4v) is 1.54. The molecule has 0 radical (unpaired) electrons. The van der Waals surface area contributed by atoms with Crippen LogP contribution in [0, 0.1) is 0 Å². The van der Waals surface area contributed by atoms with Crippen LogP contribution in [0.1, 0.15) is 45.6 Å². The average molecular weight is 248 g/mol. The molecule has 1 aromatic carbocycles. The van der Waals surface area contributed by atoms with Gasteiger partial charge in [-0.15, -0.1) is 0 Å². The van der Waals surface area contributed by atoms with Crippen LogP contribution < -0.4 is 0 Å². The Balaban J connectivity index is 2.30. The molecule has 0 amide bonds. The first-order valence-electron chi connectivity index (χ1n) is 6.67. The van der Waals surface area contributed by atoms with Crippen molar-refractivity contribution in [3.05, 3.63) is 42.2 Å². The highest BCUT2D eigenvalue weighted by Gasteiger charge is 2.17. The molecule has 0 saturated carbocycles. The summed E-state index contributed by atoms with van der Waals surface area (Å²) in [5, 5.41) is 0. The summed E-state index contributed by atoms with van der Waals surface area (Å²) in [5.74, 6) is -0.557. The molecule has 0 saturated heterocycles. The maximum atomic E-state index is 5.70. The number of hydrogen-bond donors (Lipinski definition) is 0. The molecule has 0 aliphatic heterocycles. The van der Waals surface area contributed by atoms with Gasteiger partial charge in [-0.05, 0) is 18.1 Å². The lowest BCUT2D eigenvalue weighted by atomic mass is 10.2. The van der Waals surface area contributed by atoms with Gasteiger partial charge in [-0.25, -0.2) is 0 Å². The number of benzene rings is 1. The van der Waals surface area contributed by atoms with E-state index in [9.17, 15) is 0 Å². The van der Waals surface area contributed by atoms with E-state index in [0.717, 1.165) is 18.6 Å². The van der Waals surface area contributed by atoms with E-state index in [0.29, 0.717) is 0 Å². The topological polar surface area (TPSA) is 18.5 Å². The zero-order chi connectivity index (χ0) is 13.3. The smallest absolute Gasteiger partial charge is 0.203 e. The summed E-state index contributed by atoms with van der Waals surface area (Å²) in [7, 11) is 0. The Hall–Kier alpha value is -1.28. The predicted octanol–water partition coefficient (Wildman–Crippen LogP) is 4.62. The standard InChI is InChI=1S/C16H24O2/c1-4-5-9-13-17-16(2,3)18-14-12-15-10-7-6-8-11-15/h6-8,10-12,14H,4-5,9,13H2,1-3H3. The summed E-state index contributed by atoms with van der Waals surface area (Å²) in [6.45, 7) is 6.81. The second kappa shape index (κ2) is 7.93.